The molecule has 1 fully saturated rings. The Bertz CT molecular complexity index is 1120. The van der Waals surface area contributed by atoms with Crippen LogP contribution >= 0.6 is 0 Å². The molecular weight excluding hydrogens is 402 g/mol. The molecule has 158 valence electrons. The molecule has 2 aromatic rings. The standard InChI is InChI=1S/C21H25N5O3S/c1-16-20(18-7-4-3-5-8-18)30(28,29)23-21(16)25-11-6-10-24(13-14-25)19(27)15-26-12-9-22-17(26)2/h3-5,7-9,12H,6,10-11,13-15H2,1-2H3. The number of amides is 1. The van der Waals surface area contributed by atoms with Gasteiger partial charge in [-0.1, -0.05) is 30.3 Å². The van der Waals surface area contributed by atoms with Gasteiger partial charge in [0.25, 0.3) is 10.0 Å². The van der Waals surface area contributed by atoms with Gasteiger partial charge < -0.3 is 14.4 Å². The van der Waals surface area contributed by atoms with Crippen LogP contribution in [-0.2, 0) is 21.4 Å². The Labute approximate surface area is 176 Å². The minimum absolute atomic E-state index is 0.0381. The van der Waals surface area contributed by atoms with Gasteiger partial charge in [-0.05, 0) is 25.8 Å². The number of amidine groups is 1. The molecule has 1 aromatic carbocycles. The van der Waals surface area contributed by atoms with E-state index in [1.807, 2.05) is 39.5 Å². The largest absolute Gasteiger partial charge is 0.354 e. The quantitative estimate of drug-likeness (QED) is 0.747. The van der Waals surface area contributed by atoms with Crippen LogP contribution in [0.1, 0.15) is 24.7 Å². The van der Waals surface area contributed by atoms with Crippen molar-refractivity contribution in [3.05, 3.63) is 59.7 Å². The van der Waals surface area contributed by atoms with Gasteiger partial charge in [0.05, 0.1) is 0 Å². The van der Waals surface area contributed by atoms with Crippen LogP contribution in [0.5, 0.6) is 0 Å². The molecule has 1 amide bonds. The van der Waals surface area contributed by atoms with Crippen molar-refractivity contribution in [2.45, 2.75) is 26.8 Å². The molecular formula is C21H25N5O3S. The molecule has 0 saturated carbocycles. The Kier molecular flexibility index (Phi) is 5.46. The Balaban J connectivity index is 1.50. The molecule has 2 aliphatic rings. The first-order valence-corrected chi connectivity index (χ1v) is 11.4. The summed E-state index contributed by atoms with van der Waals surface area (Å²) in [6.07, 6.45) is 4.24. The zero-order chi connectivity index (χ0) is 21.3. The van der Waals surface area contributed by atoms with Crippen LogP contribution in [0, 0.1) is 6.92 Å². The van der Waals surface area contributed by atoms with E-state index in [1.165, 1.54) is 0 Å². The van der Waals surface area contributed by atoms with E-state index in [1.54, 1.807) is 31.5 Å². The highest BCUT2D eigenvalue weighted by atomic mass is 32.2. The number of rotatable bonds is 3. The second-order valence-corrected chi connectivity index (χ2v) is 9.07. The smallest absolute Gasteiger partial charge is 0.285 e. The summed E-state index contributed by atoms with van der Waals surface area (Å²) in [5.74, 6) is 1.34. The van der Waals surface area contributed by atoms with Crippen molar-refractivity contribution in [1.82, 2.24) is 19.4 Å². The molecule has 1 aromatic heterocycles. The maximum absolute atomic E-state index is 12.7. The zero-order valence-corrected chi connectivity index (χ0v) is 18.0. The minimum atomic E-state index is -3.73. The van der Waals surface area contributed by atoms with Gasteiger partial charge in [0, 0.05) is 44.1 Å². The van der Waals surface area contributed by atoms with Crippen LogP contribution < -0.4 is 0 Å². The fourth-order valence-electron chi connectivity index (χ4n) is 3.97. The van der Waals surface area contributed by atoms with Gasteiger partial charge in [0.2, 0.25) is 5.91 Å². The third-order valence-electron chi connectivity index (χ3n) is 5.55. The fraction of sp³-hybridized carbons (Fsp3) is 0.381. The number of hydrogen-bond donors (Lipinski definition) is 0. The van der Waals surface area contributed by atoms with Crippen LogP contribution in [-0.4, -0.2) is 65.7 Å². The monoisotopic (exact) mass is 427 g/mol. The molecule has 0 bridgehead atoms. The predicted octanol–water partition coefficient (Wildman–Crippen LogP) is 1.90. The van der Waals surface area contributed by atoms with E-state index in [-0.39, 0.29) is 17.4 Å². The number of aryl methyl sites for hydroxylation is 1. The molecule has 30 heavy (non-hydrogen) atoms. The van der Waals surface area contributed by atoms with Gasteiger partial charge in [-0.2, -0.15) is 8.42 Å². The maximum atomic E-state index is 12.7. The third kappa shape index (κ3) is 3.89. The van der Waals surface area contributed by atoms with Crippen LogP contribution in [0.25, 0.3) is 4.91 Å². The van der Waals surface area contributed by atoms with E-state index in [9.17, 15) is 13.2 Å². The van der Waals surface area contributed by atoms with Crippen molar-refractivity contribution in [1.29, 1.82) is 0 Å². The van der Waals surface area contributed by atoms with E-state index in [4.69, 9.17) is 0 Å². The van der Waals surface area contributed by atoms with Gasteiger partial charge in [-0.3, -0.25) is 4.79 Å². The summed E-state index contributed by atoms with van der Waals surface area (Å²) < 4.78 is 31.4. The average molecular weight is 428 g/mol. The molecule has 0 N–H and O–H groups in total. The van der Waals surface area contributed by atoms with E-state index in [2.05, 4.69) is 9.38 Å². The van der Waals surface area contributed by atoms with Crippen molar-refractivity contribution in [3.8, 4) is 0 Å². The second-order valence-electron chi connectivity index (χ2n) is 7.53. The van der Waals surface area contributed by atoms with E-state index in [0.717, 1.165) is 12.2 Å². The first-order chi connectivity index (χ1) is 14.4. The van der Waals surface area contributed by atoms with E-state index < -0.39 is 10.0 Å². The highest BCUT2D eigenvalue weighted by molar-refractivity contribution is 8.00. The Morgan fingerprint density at radius 3 is 2.53 bits per heavy atom. The Hall–Kier alpha value is -2.94. The summed E-state index contributed by atoms with van der Waals surface area (Å²) in [6, 6.07) is 9.07. The molecule has 0 radical (unpaired) electrons. The zero-order valence-electron chi connectivity index (χ0n) is 17.2. The fourth-order valence-corrected chi connectivity index (χ4v) is 5.45. The number of hydrogen-bond acceptors (Lipinski definition) is 5. The number of aromatic nitrogens is 2. The average Bonchev–Trinajstić information content (AvgIpc) is 3.10. The molecule has 1 saturated heterocycles. The topological polar surface area (TPSA) is 87.9 Å². The molecule has 0 aliphatic carbocycles. The van der Waals surface area contributed by atoms with Crippen LogP contribution in [0.3, 0.4) is 0 Å². The lowest BCUT2D eigenvalue weighted by atomic mass is 10.1. The number of benzene rings is 1. The van der Waals surface area contributed by atoms with Gasteiger partial charge in [-0.25, -0.2) is 4.98 Å². The Morgan fingerprint density at radius 2 is 1.83 bits per heavy atom. The summed E-state index contributed by atoms with van der Waals surface area (Å²) in [5, 5.41) is 0. The maximum Gasteiger partial charge on any atom is 0.285 e. The Morgan fingerprint density at radius 1 is 1.07 bits per heavy atom. The van der Waals surface area contributed by atoms with Crippen LogP contribution in [0.2, 0.25) is 0 Å². The normalized spacial score (nSPS) is 19.1. The lowest BCUT2D eigenvalue weighted by Crippen LogP contribution is -2.38. The lowest BCUT2D eigenvalue weighted by molar-refractivity contribution is -0.131. The van der Waals surface area contributed by atoms with Crippen molar-refractivity contribution in [3.63, 3.8) is 0 Å². The summed E-state index contributed by atoms with van der Waals surface area (Å²) in [7, 11) is -3.73. The summed E-state index contributed by atoms with van der Waals surface area (Å²) >= 11 is 0. The van der Waals surface area contributed by atoms with Gasteiger partial charge in [-0.15, -0.1) is 4.40 Å². The number of sulfonamides is 1. The minimum Gasteiger partial charge on any atom is -0.354 e. The predicted molar refractivity (Wildman–Crippen MR) is 115 cm³/mol. The number of nitrogens with zero attached hydrogens (tertiary/aromatic N) is 5. The van der Waals surface area contributed by atoms with Gasteiger partial charge >= 0.3 is 0 Å². The summed E-state index contributed by atoms with van der Waals surface area (Å²) in [4.78, 5) is 21.0. The highest BCUT2D eigenvalue weighted by Gasteiger charge is 2.34. The van der Waals surface area contributed by atoms with Crippen molar-refractivity contribution < 1.29 is 13.2 Å². The van der Waals surface area contributed by atoms with Crippen LogP contribution in [0.4, 0.5) is 0 Å². The first-order valence-electron chi connectivity index (χ1n) is 9.99. The van der Waals surface area contributed by atoms with Crippen molar-refractivity contribution in [2.75, 3.05) is 26.2 Å². The second kappa shape index (κ2) is 8.06. The number of carbonyl (C=O) groups excluding carboxylic acids is 1. The SMILES string of the molecule is CC1=C(c2ccccc2)S(=O)(=O)N=C1N1CCCN(C(=O)Cn2ccnc2C)CC1. The highest BCUT2D eigenvalue weighted by Crippen LogP contribution is 2.33. The molecule has 4 rings (SSSR count). The number of carbonyl (C=O) groups is 1. The van der Waals surface area contributed by atoms with Crippen LogP contribution in [0.15, 0.2) is 52.7 Å². The summed E-state index contributed by atoms with van der Waals surface area (Å²) in [5.41, 5.74) is 1.31. The number of imidazole rings is 1. The molecule has 0 atom stereocenters. The molecule has 0 unspecified atom stereocenters. The van der Waals surface area contributed by atoms with E-state index in [0.29, 0.717) is 43.2 Å². The van der Waals surface area contributed by atoms with Gasteiger partial charge in [0.1, 0.15) is 23.1 Å². The van der Waals surface area contributed by atoms with Crippen molar-refractivity contribution >= 4 is 26.7 Å². The van der Waals surface area contributed by atoms with Gasteiger partial charge in [0.15, 0.2) is 0 Å². The molecule has 2 aliphatic heterocycles. The van der Waals surface area contributed by atoms with Crippen molar-refractivity contribution in [2.24, 2.45) is 4.40 Å². The molecule has 3 heterocycles. The molecule has 9 heteroatoms. The van der Waals surface area contributed by atoms with E-state index >= 15 is 0 Å². The lowest BCUT2D eigenvalue weighted by Gasteiger charge is -2.24. The molecule has 0 spiro atoms. The molecule has 8 nitrogen and oxygen atoms in total. The third-order valence-corrected chi connectivity index (χ3v) is 7.03. The first kappa shape index (κ1) is 20.3. The summed E-state index contributed by atoms with van der Waals surface area (Å²) in [6.45, 7) is 6.30.